The van der Waals surface area contributed by atoms with Crippen LogP contribution >= 0.6 is 0 Å². The van der Waals surface area contributed by atoms with E-state index < -0.39 is 0 Å². The molecule has 1 aromatic heterocycles. The number of esters is 1. The van der Waals surface area contributed by atoms with E-state index in [-0.39, 0.29) is 5.97 Å². The van der Waals surface area contributed by atoms with Gasteiger partial charge in [0.2, 0.25) is 0 Å². The molecular formula is C14H16N2O2. The molecule has 0 saturated carbocycles. The van der Waals surface area contributed by atoms with Gasteiger partial charge < -0.3 is 9.30 Å². The maximum absolute atomic E-state index is 11.5. The minimum absolute atomic E-state index is 0.330. The number of imidazole rings is 1. The highest BCUT2D eigenvalue weighted by Gasteiger charge is 2.11. The summed E-state index contributed by atoms with van der Waals surface area (Å²) < 4.78 is 6.75. The minimum atomic E-state index is -0.388. The molecule has 4 nitrogen and oxygen atoms in total. The Labute approximate surface area is 106 Å². The standard InChI is InChI=1S/C14H16N2O2/c1-4-18-14(17)12-8-16(9-15-12)13-6-5-10(2)7-11(13)3/h5-9H,4H2,1-3H3. The molecule has 1 aromatic carbocycles. The molecule has 18 heavy (non-hydrogen) atoms. The van der Waals surface area contributed by atoms with Gasteiger partial charge in [0.05, 0.1) is 6.61 Å². The average molecular weight is 244 g/mol. The number of carbonyl (C=O) groups excluding carboxylic acids is 1. The zero-order chi connectivity index (χ0) is 13.1. The Balaban J connectivity index is 2.32. The summed E-state index contributed by atoms with van der Waals surface area (Å²) in [6.45, 7) is 6.22. The number of benzene rings is 1. The molecule has 0 bridgehead atoms. The zero-order valence-electron chi connectivity index (χ0n) is 10.8. The van der Waals surface area contributed by atoms with Gasteiger partial charge in [-0.05, 0) is 32.4 Å². The second kappa shape index (κ2) is 5.04. The maximum Gasteiger partial charge on any atom is 0.358 e. The molecule has 0 unspecified atom stereocenters. The van der Waals surface area contributed by atoms with Gasteiger partial charge >= 0.3 is 5.97 Å². The molecule has 2 aromatic rings. The van der Waals surface area contributed by atoms with Crippen molar-refractivity contribution >= 4 is 5.97 Å². The number of hydrogen-bond donors (Lipinski definition) is 0. The smallest absolute Gasteiger partial charge is 0.358 e. The molecule has 0 aliphatic carbocycles. The Morgan fingerprint density at radius 3 is 2.83 bits per heavy atom. The highest BCUT2D eigenvalue weighted by atomic mass is 16.5. The predicted octanol–water partition coefficient (Wildman–Crippen LogP) is 2.67. The van der Waals surface area contributed by atoms with E-state index in [0.717, 1.165) is 11.3 Å². The van der Waals surface area contributed by atoms with E-state index in [0.29, 0.717) is 12.3 Å². The van der Waals surface area contributed by atoms with Gasteiger partial charge in [-0.25, -0.2) is 9.78 Å². The summed E-state index contributed by atoms with van der Waals surface area (Å²) in [4.78, 5) is 15.6. The third-order valence-corrected chi connectivity index (χ3v) is 2.70. The van der Waals surface area contributed by atoms with Crippen LogP contribution in [0.1, 0.15) is 28.5 Å². The Hall–Kier alpha value is -2.10. The average Bonchev–Trinajstić information content (AvgIpc) is 2.78. The van der Waals surface area contributed by atoms with E-state index in [9.17, 15) is 4.79 Å². The van der Waals surface area contributed by atoms with Crippen molar-refractivity contribution in [3.8, 4) is 5.69 Å². The normalized spacial score (nSPS) is 10.4. The topological polar surface area (TPSA) is 44.1 Å². The largest absolute Gasteiger partial charge is 0.461 e. The first-order valence-electron chi connectivity index (χ1n) is 5.90. The van der Waals surface area contributed by atoms with E-state index in [1.807, 2.05) is 23.6 Å². The molecule has 1 heterocycles. The SMILES string of the molecule is CCOC(=O)c1cn(-c2ccc(C)cc2C)cn1. The zero-order valence-corrected chi connectivity index (χ0v) is 10.8. The summed E-state index contributed by atoms with van der Waals surface area (Å²) in [7, 11) is 0. The summed E-state index contributed by atoms with van der Waals surface area (Å²) in [6.07, 6.45) is 3.32. The lowest BCUT2D eigenvalue weighted by Gasteiger charge is -2.06. The number of ether oxygens (including phenoxy) is 1. The number of nitrogens with zero attached hydrogens (tertiary/aromatic N) is 2. The van der Waals surface area contributed by atoms with Crippen molar-refractivity contribution in [1.29, 1.82) is 0 Å². The van der Waals surface area contributed by atoms with E-state index in [4.69, 9.17) is 4.74 Å². The number of hydrogen-bond acceptors (Lipinski definition) is 3. The quantitative estimate of drug-likeness (QED) is 0.780. The Kier molecular flexibility index (Phi) is 3.46. The molecule has 0 radical (unpaired) electrons. The first kappa shape index (κ1) is 12.4. The Bertz CT molecular complexity index is 573. The fourth-order valence-corrected chi connectivity index (χ4v) is 1.86. The van der Waals surface area contributed by atoms with Gasteiger partial charge in [0.1, 0.15) is 6.33 Å². The minimum Gasteiger partial charge on any atom is -0.461 e. The van der Waals surface area contributed by atoms with Gasteiger partial charge in [-0.1, -0.05) is 17.7 Å². The number of aryl methyl sites for hydroxylation is 2. The molecule has 0 fully saturated rings. The van der Waals surface area contributed by atoms with Gasteiger partial charge in [-0.2, -0.15) is 0 Å². The Morgan fingerprint density at radius 1 is 1.39 bits per heavy atom. The van der Waals surface area contributed by atoms with Crippen molar-refractivity contribution in [3.63, 3.8) is 0 Å². The third kappa shape index (κ3) is 2.42. The lowest BCUT2D eigenvalue weighted by molar-refractivity contribution is 0.0520. The van der Waals surface area contributed by atoms with Crippen LogP contribution in [-0.4, -0.2) is 22.1 Å². The van der Waals surface area contributed by atoms with Crippen molar-refractivity contribution in [2.45, 2.75) is 20.8 Å². The van der Waals surface area contributed by atoms with Crippen LogP contribution < -0.4 is 0 Å². The molecule has 0 saturated heterocycles. The lowest BCUT2D eigenvalue weighted by atomic mass is 10.1. The second-order valence-electron chi connectivity index (χ2n) is 4.18. The van der Waals surface area contributed by atoms with Crippen LogP contribution in [0.5, 0.6) is 0 Å². The van der Waals surface area contributed by atoms with E-state index in [2.05, 4.69) is 18.0 Å². The molecule has 2 rings (SSSR count). The monoisotopic (exact) mass is 244 g/mol. The highest BCUT2D eigenvalue weighted by molar-refractivity contribution is 5.87. The fraction of sp³-hybridized carbons (Fsp3) is 0.286. The van der Waals surface area contributed by atoms with Crippen LogP contribution in [0.25, 0.3) is 5.69 Å². The first-order valence-corrected chi connectivity index (χ1v) is 5.90. The second-order valence-corrected chi connectivity index (χ2v) is 4.18. The van der Waals surface area contributed by atoms with Crippen molar-refractivity contribution < 1.29 is 9.53 Å². The van der Waals surface area contributed by atoms with Crippen molar-refractivity contribution in [1.82, 2.24) is 9.55 Å². The molecule has 0 aliphatic rings. The molecule has 0 aliphatic heterocycles. The van der Waals surface area contributed by atoms with Gasteiger partial charge in [0, 0.05) is 11.9 Å². The molecule has 94 valence electrons. The van der Waals surface area contributed by atoms with Gasteiger partial charge in [0.15, 0.2) is 5.69 Å². The van der Waals surface area contributed by atoms with E-state index in [1.54, 1.807) is 19.4 Å². The van der Waals surface area contributed by atoms with Crippen LogP contribution in [0.4, 0.5) is 0 Å². The summed E-state index contributed by atoms with van der Waals surface area (Å²) in [5.74, 6) is -0.388. The van der Waals surface area contributed by atoms with Crippen LogP contribution in [0.15, 0.2) is 30.7 Å². The molecule has 0 N–H and O–H groups in total. The molecule has 4 heteroatoms. The molecule has 0 spiro atoms. The first-order chi connectivity index (χ1) is 8.61. The van der Waals surface area contributed by atoms with Crippen LogP contribution in [0.3, 0.4) is 0 Å². The van der Waals surface area contributed by atoms with Gasteiger partial charge in [0.25, 0.3) is 0 Å². The summed E-state index contributed by atoms with van der Waals surface area (Å²) in [5.41, 5.74) is 3.70. The van der Waals surface area contributed by atoms with E-state index in [1.165, 1.54) is 5.56 Å². The summed E-state index contributed by atoms with van der Waals surface area (Å²) in [5, 5.41) is 0. The summed E-state index contributed by atoms with van der Waals surface area (Å²) in [6, 6.07) is 6.15. The number of carbonyl (C=O) groups is 1. The number of rotatable bonds is 3. The Morgan fingerprint density at radius 2 is 2.17 bits per heavy atom. The van der Waals surface area contributed by atoms with Crippen LogP contribution in [0.2, 0.25) is 0 Å². The van der Waals surface area contributed by atoms with Crippen LogP contribution in [0, 0.1) is 13.8 Å². The molecule has 0 amide bonds. The molecule has 0 atom stereocenters. The third-order valence-electron chi connectivity index (χ3n) is 2.70. The number of aromatic nitrogens is 2. The van der Waals surface area contributed by atoms with Crippen molar-refractivity contribution in [3.05, 3.63) is 47.5 Å². The fourth-order valence-electron chi connectivity index (χ4n) is 1.86. The maximum atomic E-state index is 11.5. The lowest BCUT2D eigenvalue weighted by Crippen LogP contribution is -2.04. The van der Waals surface area contributed by atoms with Crippen molar-refractivity contribution in [2.24, 2.45) is 0 Å². The summed E-state index contributed by atoms with van der Waals surface area (Å²) >= 11 is 0. The molecular weight excluding hydrogens is 228 g/mol. The van der Waals surface area contributed by atoms with E-state index >= 15 is 0 Å². The highest BCUT2D eigenvalue weighted by Crippen LogP contribution is 2.16. The van der Waals surface area contributed by atoms with Gasteiger partial charge in [-0.15, -0.1) is 0 Å². The van der Waals surface area contributed by atoms with Crippen LogP contribution in [-0.2, 0) is 4.74 Å². The van der Waals surface area contributed by atoms with Gasteiger partial charge in [-0.3, -0.25) is 0 Å². The van der Waals surface area contributed by atoms with Crippen molar-refractivity contribution in [2.75, 3.05) is 6.61 Å². The predicted molar refractivity (Wildman–Crippen MR) is 69.0 cm³/mol.